The van der Waals surface area contributed by atoms with Crippen LogP contribution in [0.15, 0.2) is 47.6 Å². The van der Waals surface area contributed by atoms with Gasteiger partial charge in [-0.05, 0) is 30.5 Å². The highest BCUT2D eigenvalue weighted by Gasteiger charge is 2.18. The zero-order valence-corrected chi connectivity index (χ0v) is 14.6. The van der Waals surface area contributed by atoms with E-state index in [0.717, 1.165) is 25.1 Å². The summed E-state index contributed by atoms with van der Waals surface area (Å²) in [5, 5.41) is 14.8. The maximum absolute atomic E-state index is 12.1. The number of amides is 1. The van der Waals surface area contributed by atoms with Crippen molar-refractivity contribution in [2.45, 2.75) is 12.8 Å². The Hall–Kier alpha value is -2.93. The molecule has 7 nitrogen and oxygen atoms in total. The molecule has 0 bridgehead atoms. The number of nitrogens with one attached hydrogen (secondary N) is 1. The van der Waals surface area contributed by atoms with Crippen LogP contribution in [0.1, 0.15) is 17.5 Å². The predicted molar refractivity (Wildman–Crippen MR) is 101 cm³/mol. The van der Waals surface area contributed by atoms with E-state index < -0.39 is 4.92 Å². The van der Waals surface area contributed by atoms with Crippen molar-refractivity contribution in [1.29, 1.82) is 0 Å². The molecule has 2 aromatic rings. The Morgan fingerprint density at radius 1 is 1.35 bits per heavy atom. The lowest BCUT2D eigenvalue weighted by Crippen LogP contribution is -2.38. The molecule has 0 radical (unpaired) electrons. The largest absolute Gasteiger partial charge is 0.362 e. The monoisotopic (exact) mass is 372 g/mol. The van der Waals surface area contributed by atoms with Crippen LogP contribution in [0.3, 0.4) is 0 Å². The van der Waals surface area contributed by atoms with E-state index in [9.17, 15) is 14.9 Å². The molecule has 0 fully saturated rings. The van der Waals surface area contributed by atoms with Gasteiger partial charge in [0.25, 0.3) is 11.6 Å². The van der Waals surface area contributed by atoms with E-state index >= 15 is 0 Å². The Morgan fingerprint density at radius 2 is 2.15 bits per heavy atom. The maximum atomic E-state index is 12.1. The first-order chi connectivity index (χ1) is 12.5. The fraction of sp³-hybridized carbons (Fsp3) is 0.222. The maximum Gasteiger partial charge on any atom is 0.288 e. The number of benzene rings is 2. The number of fused-ring (bicyclic) bond motifs is 1. The van der Waals surface area contributed by atoms with Crippen molar-refractivity contribution in [3.63, 3.8) is 0 Å². The highest BCUT2D eigenvalue weighted by Crippen LogP contribution is 2.26. The molecule has 1 N–H and O–H groups in total. The molecule has 2 aromatic carbocycles. The lowest BCUT2D eigenvalue weighted by atomic mass is 10.0. The number of anilines is 1. The number of carbonyl (C=O) groups excluding carboxylic acids is 1. The first-order valence-electron chi connectivity index (χ1n) is 8.13. The summed E-state index contributed by atoms with van der Waals surface area (Å²) in [5.41, 5.74) is 5.05. The molecule has 0 aromatic heterocycles. The molecule has 0 spiro atoms. The summed E-state index contributed by atoms with van der Waals surface area (Å²) >= 11 is 5.76. The average molecular weight is 373 g/mol. The third-order valence-electron chi connectivity index (χ3n) is 4.11. The van der Waals surface area contributed by atoms with Gasteiger partial charge in [0.2, 0.25) is 0 Å². The highest BCUT2D eigenvalue weighted by atomic mass is 35.5. The summed E-state index contributed by atoms with van der Waals surface area (Å²) in [6, 6.07) is 12.4. The van der Waals surface area contributed by atoms with Crippen LogP contribution in [0.2, 0.25) is 5.02 Å². The Labute approximate surface area is 155 Å². The van der Waals surface area contributed by atoms with Gasteiger partial charge in [0.15, 0.2) is 0 Å². The summed E-state index contributed by atoms with van der Waals surface area (Å²) in [6.07, 6.45) is 3.37. The molecular formula is C18H17ClN4O3. The van der Waals surface area contributed by atoms with Gasteiger partial charge < -0.3 is 4.90 Å². The lowest BCUT2D eigenvalue weighted by molar-refractivity contribution is -0.384. The minimum absolute atomic E-state index is 0.0555. The van der Waals surface area contributed by atoms with Crippen molar-refractivity contribution in [2.24, 2.45) is 5.10 Å². The molecule has 3 rings (SSSR count). The zero-order chi connectivity index (χ0) is 18.5. The fourth-order valence-corrected chi connectivity index (χ4v) is 3.10. The number of carbonyl (C=O) groups is 1. The number of hydrogen-bond donors (Lipinski definition) is 1. The Morgan fingerprint density at radius 3 is 2.96 bits per heavy atom. The molecule has 134 valence electrons. The Kier molecular flexibility index (Phi) is 5.48. The minimum Gasteiger partial charge on any atom is -0.362 e. The quantitative estimate of drug-likeness (QED) is 0.496. The van der Waals surface area contributed by atoms with Gasteiger partial charge >= 0.3 is 0 Å². The van der Waals surface area contributed by atoms with Crippen LogP contribution < -0.4 is 10.3 Å². The number of nitrogens with zero attached hydrogens (tertiary/aromatic N) is 3. The summed E-state index contributed by atoms with van der Waals surface area (Å²) in [5.74, 6) is -0.249. The van der Waals surface area contributed by atoms with E-state index in [1.54, 1.807) is 6.07 Å². The summed E-state index contributed by atoms with van der Waals surface area (Å²) in [4.78, 5) is 24.5. The van der Waals surface area contributed by atoms with Crippen LogP contribution in [-0.4, -0.2) is 30.1 Å². The highest BCUT2D eigenvalue weighted by molar-refractivity contribution is 6.32. The number of aryl methyl sites for hydroxylation is 1. The van der Waals surface area contributed by atoms with E-state index in [-0.39, 0.29) is 23.2 Å². The van der Waals surface area contributed by atoms with Crippen LogP contribution >= 0.6 is 11.6 Å². The average Bonchev–Trinajstić information content (AvgIpc) is 2.63. The molecule has 26 heavy (non-hydrogen) atoms. The van der Waals surface area contributed by atoms with Crippen molar-refractivity contribution in [3.05, 3.63) is 68.7 Å². The van der Waals surface area contributed by atoms with E-state index in [4.69, 9.17) is 11.6 Å². The minimum atomic E-state index is -0.563. The molecular weight excluding hydrogens is 356 g/mol. The topological polar surface area (TPSA) is 87.8 Å². The standard InChI is InChI=1S/C18H17ClN4O3/c19-15-8-7-13(10-17(15)23(25)26)11-20-21-18(24)12-22-9-3-5-14-4-1-2-6-16(14)22/h1-2,4,6-8,10-11H,3,5,9,12H2,(H,21,24)/b20-11+. The molecule has 0 unspecified atom stereocenters. The third kappa shape index (κ3) is 4.18. The number of hydrazone groups is 1. The lowest BCUT2D eigenvalue weighted by Gasteiger charge is -2.30. The van der Waals surface area contributed by atoms with Crippen molar-refractivity contribution in [1.82, 2.24) is 5.43 Å². The molecule has 1 aliphatic heterocycles. The fourth-order valence-electron chi connectivity index (χ4n) is 2.91. The summed E-state index contributed by atoms with van der Waals surface area (Å²) < 4.78 is 0. The summed E-state index contributed by atoms with van der Waals surface area (Å²) in [7, 11) is 0. The van der Waals surface area contributed by atoms with E-state index in [2.05, 4.69) is 16.6 Å². The molecule has 0 aliphatic carbocycles. The number of halogens is 1. The van der Waals surface area contributed by atoms with Gasteiger partial charge in [0.1, 0.15) is 5.02 Å². The normalized spacial score (nSPS) is 13.5. The van der Waals surface area contributed by atoms with Gasteiger partial charge in [-0.15, -0.1) is 0 Å². The van der Waals surface area contributed by atoms with Crippen LogP contribution in [0.5, 0.6) is 0 Å². The van der Waals surface area contributed by atoms with E-state index in [0.29, 0.717) is 5.56 Å². The van der Waals surface area contributed by atoms with Gasteiger partial charge in [-0.3, -0.25) is 14.9 Å². The zero-order valence-electron chi connectivity index (χ0n) is 13.9. The van der Waals surface area contributed by atoms with Crippen molar-refractivity contribution >= 4 is 35.1 Å². The van der Waals surface area contributed by atoms with Crippen molar-refractivity contribution in [2.75, 3.05) is 18.0 Å². The van der Waals surface area contributed by atoms with Gasteiger partial charge in [-0.2, -0.15) is 5.10 Å². The number of hydrogen-bond acceptors (Lipinski definition) is 5. The van der Waals surface area contributed by atoms with Crippen molar-refractivity contribution in [3.8, 4) is 0 Å². The second-order valence-corrected chi connectivity index (χ2v) is 6.32. The van der Waals surface area contributed by atoms with Crippen molar-refractivity contribution < 1.29 is 9.72 Å². The van der Waals surface area contributed by atoms with E-state index in [1.807, 2.05) is 23.1 Å². The van der Waals surface area contributed by atoms with E-state index in [1.165, 1.54) is 23.9 Å². The first-order valence-corrected chi connectivity index (χ1v) is 8.51. The molecule has 0 atom stereocenters. The van der Waals surface area contributed by atoms with Crippen LogP contribution in [0, 0.1) is 10.1 Å². The van der Waals surface area contributed by atoms with Gasteiger partial charge in [-0.25, -0.2) is 5.43 Å². The molecule has 8 heteroatoms. The Bertz CT molecular complexity index is 869. The van der Waals surface area contributed by atoms with Gasteiger partial charge in [0, 0.05) is 23.9 Å². The van der Waals surface area contributed by atoms with Gasteiger partial charge in [-0.1, -0.05) is 35.9 Å². The summed E-state index contributed by atoms with van der Waals surface area (Å²) in [6.45, 7) is 1.02. The predicted octanol–water partition coefficient (Wildman–Crippen LogP) is 3.15. The number of para-hydroxylation sites is 1. The van der Waals surface area contributed by atoms with Crippen LogP contribution in [0.4, 0.5) is 11.4 Å². The second kappa shape index (κ2) is 7.97. The molecule has 1 aliphatic rings. The van der Waals surface area contributed by atoms with Crippen LogP contribution in [0.25, 0.3) is 0 Å². The third-order valence-corrected chi connectivity index (χ3v) is 4.43. The molecule has 1 heterocycles. The Balaban J connectivity index is 1.61. The molecule has 1 amide bonds. The number of nitro benzene ring substituents is 1. The van der Waals surface area contributed by atoms with Crippen LogP contribution in [-0.2, 0) is 11.2 Å². The number of nitro groups is 1. The van der Waals surface area contributed by atoms with Gasteiger partial charge in [0.05, 0.1) is 17.7 Å². The number of rotatable bonds is 5. The molecule has 0 saturated carbocycles. The smallest absolute Gasteiger partial charge is 0.288 e. The first kappa shape index (κ1) is 17.9. The SMILES string of the molecule is O=C(CN1CCCc2ccccc21)N/N=C/c1ccc(Cl)c([N+](=O)[O-])c1. The second-order valence-electron chi connectivity index (χ2n) is 5.91. The molecule has 0 saturated heterocycles.